The van der Waals surface area contributed by atoms with E-state index in [9.17, 15) is 18.0 Å². The zero-order chi connectivity index (χ0) is 20.1. The van der Waals surface area contributed by atoms with E-state index >= 15 is 0 Å². The molecular weight excluding hydrogens is 400 g/mol. The predicted molar refractivity (Wildman–Crippen MR) is 107 cm³/mol. The quantitative estimate of drug-likeness (QED) is 0.567. The highest BCUT2D eigenvalue weighted by Crippen LogP contribution is 2.18. The van der Waals surface area contributed by atoms with Gasteiger partial charge in [-0.05, 0) is 29.8 Å². The van der Waals surface area contributed by atoms with Gasteiger partial charge in [-0.15, -0.1) is 11.3 Å². The number of thiazole rings is 1. The molecule has 1 heterocycles. The summed E-state index contributed by atoms with van der Waals surface area (Å²) in [6.07, 6.45) is 0.207. The van der Waals surface area contributed by atoms with E-state index in [1.165, 1.54) is 29.6 Å². The molecule has 0 aliphatic rings. The lowest BCUT2D eigenvalue weighted by Crippen LogP contribution is -2.16. The van der Waals surface area contributed by atoms with Crippen molar-refractivity contribution in [2.45, 2.75) is 11.3 Å². The van der Waals surface area contributed by atoms with Crippen LogP contribution in [0.2, 0.25) is 0 Å². The third-order valence-corrected chi connectivity index (χ3v) is 5.32. The van der Waals surface area contributed by atoms with Crippen LogP contribution in [0.3, 0.4) is 0 Å². The molecule has 0 unspecified atom stereocenters. The lowest BCUT2D eigenvalue weighted by molar-refractivity contribution is -0.115. The number of nitrogens with one attached hydrogen (secondary N) is 2. The molecule has 3 rings (SSSR count). The largest absolute Gasteiger partial charge is 0.321 e. The first kappa shape index (κ1) is 19.7. The fourth-order valence-electron chi connectivity index (χ4n) is 2.30. The van der Waals surface area contributed by atoms with Gasteiger partial charge in [-0.25, -0.2) is 18.5 Å². The number of hydrogen-bond donors (Lipinski definition) is 3. The molecular formula is C18H16N4O4S2. The Bertz CT molecular complexity index is 1090. The highest BCUT2D eigenvalue weighted by atomic mass is 32.2. The Kier molecular flexibility index (Phi) is 5.83. The second-order valence-corrected chi connectivity index (χ2v) is 8.19. The molecule has 144 valence electrons. The van der Waals surface area contributed by atoms with Gasteiger partial charge in [0.2, 0.25) is 15.9 Å². The molecule has 8 nitrogen and oxygen atoms in total. The van der Waals surface area contributed by atoms with E-state index in [0.29, 0.717) is 10.8 Å². The van der Waals surface area contributed by atoms with Gasteiger partial charge in [0.25, 0.3) is 5.91 Å². The molecule has 0 saturated heterocycles. The number of nitrogens with two attached hydrogens (primary N) is 1. The minimum absolute atomic E-state index is 0.0532. The smallest absolute Gasteiger partial charge is 0.275 e. The number of amides is 2. The van der Waals surface area contributed by atoms with Crippen LogP contribution >= 0.6 is 11.3 Å². The lowest BCUT2D eigenvalue weighted by Gasteiger charge is -2.04. The van der Waals surface area contributed by atoms with Crippen LogP contribution in [0.15, 0.2) is 64.9 Å². The minimum Gasteiger partial charge on any atom is -0.321 e. The number of carbonyl (C=O) groups is 2. The van der Waals surface area contributed by atoms with Crippen molar-refractivity contribution in [2.75, 3.05) is 10.6 Å². The number of anilines is 2. The molecule has 4 N–H and O–H groups in total. The minimum atomic E-state index is -3.79. The topological polar surface area (TPSA) is 131 Å². The SMILES string of the molecule is NS(=O)(=O)c1ccc(NC(=O)c2csc(NC(=O)Cc3ccccc3)n2)cc1. The second kappa shape index (κ2) is 8.30. The van der Waals surface area contributed by atoms with Crippen molar-refractivity contribution < 1.29 is 18.0 Å². The van der Waals surface area contributed by atoms with Crippen LogP contribution in [-0.4, -0.2) is 25.2 Å². The van der Waals surface area contributed by atoms with E-state index in [1.807, 2.05) is 30.3 Å². The number of nitrogens with zero attached hydrogens (tertiary/aromatic N) is 1. The molecule has 0 spiro atoms. The standard InChI is InChI=1S/C18H16N4O4S2/c19-28(25,26)14-8-6-13(7-9-14)20-17(24)15-11-27-18(21-15)22-16(23)10-12-4-2-1-3-5-12/h1-9,11H,10H2,(H,20,24)(H2,19,25,26)(H,21,22,23). The van der Waals surface area contributed by atoms with Crippen LogP contribution in [0.5, 0.6) is 0 Å². The average molecular weight is 416 g/mol. The highest BCUT2D eigenvalue weighted by molar-refractivity contribution is 7.89. The molecule has 2 aromatic carbocycles. The zero-order valence-corrected chi connectivity index (χ0v) is 16.1. The summed E-state index contributed by atoms with van der Waals surface area (Å²) in [5.74, 6) is -0.714. The van der Waals surface area contributed by atoms with Gasteiger partial charge >= 0.3 is 0 Å². The molecule has 0 aliphatic heterocycles. The zero-order valence-electron chi connectivity index (χ0n) is 14.5. The van der Waals surface area contributed by atoms with Gasteiger partial charge in [-0.1, -0.05) is 30.3 Å². The number of sulfonamides is 1. The molecule has 0 radical (unpaired) electrons. The summed E-state index contributed by atoms with van der Waals surface area (Å²) in [6.45, 7) is 0. The average Bonchev–Trinajstić information content (AvgIpc) is 3.10. The van der Waals surface area contributed by atoms with E-state index in [1.54, 1.807) is 0 Å². The molecule has 10 heteroatoms. The summed E-state index contributed by atoms with van der Waals surface area (Å²) in [6, 6.07) is 14.7. The summed E-state index contributed by atoms with van der Waals surface area (Å²) in [4.78, 5) is 28.4. The van der Waals surface area contributed by atoms with Gasteiger partial charge in [0.05, 0.1) is 11.3 Å². The van der Waals surface area contributed by atoms with Crippen molar-refractivity contribution in [3.8, 4) is 0 Å². The normalized spacial score (nSPS) is 11.0. The van der Waals surface area contributed by atoms with Crippen molar-refractivity contribution in [1.29, 1.82) is 0 Å². The van der Waals surface area contributed by atoms with Crippen LogP contribution in [0.25, 0.3) is 0 Å². The van der Waals surface area contributed by atoms with E-state index in [-0.39, 0.29) is 22.9 Å². The Hall–Kier alpha value is -3.08. The third-order valence-electron chi connectivity index (χ3n) is 3.63. The first-order valence-electron chi connectivity index (χ1n) is 8.05. The number of primary sulfonamides is 1. The van der Waals surface area contributed by atoms with Crippen LogP contribution in [0, 0.1) is 0 Å². The van der Waals surface area contributed by atoms with E-state index in [2.05, 4.69) is 15.6 Å². The highest BCUT2D eigenvalue weighted by Gasteiger charge is 2.14. The maximum absolute atomic E-state index is 12.3. The van der Waals surface area contributed by atoms with Crippen molar-refractivity contribution in [2.24, 2.45) is 5.14 Å². The predicted octanol–water partition coefficient (Wildman–Crippen LogP) is 2.22. The van der Waals surface area contributed by atoms with Crippen LogP contribution in [-0.2, 0) is 21.2 Å². The van der Waals surface area contributed by atoms with E-state index in [4.69, 9.17) is 5.14 Å². The van der Waals surface area contributed by atoms with Crippen LogP contribution in [0.1, 0.15) is 16.1 Å². The van der Waals surface area contributed by atoms with Crippen molar-refractivity contribution in [3.63, 3.8) is 0 Å². The Balaban J connectivity index is 1.60. The maximum Gasteiger partial charge on any atom is 0.275 e. The van der Waals surface area contributed by atoms with Gasteiger partial charge in [-0.3, -0.25) is 9.59 Å². The van der Waals surface area contributed by atoms with Crippen LogP contribution in [0.4, 0.5) is 10.8 Å². The molecule has 0 atom stereocenters. The number of rotatable bonds is 6. The van der Waals surface area contributed by atoms with Crippen molar-refractivity contribution >= 4 is 44.0 Å². The van der Waals surface area contributed by atoms with Gasteiger partial charge in [-0.2, -0.15) is 0 Å². The molecule has 2 amide bonds. The van der Waals surface area contributed by atoms with Gasteiger partial charge in [0.15, 0.2) is 5.13 Å². The number of carbonyl (C=O) groups excluding carboxylic acids is 2. The maximum atomic E-state index is 12.3. The first-order valence-corrected chi connectivity index (χ1v) is 10.5. The second-order valence-electron chi connectivity index (χ2n) is 5.77. The lowest BCUT2D eigenvalue weighted by atomic mass is 10.1. The monoisotopic (exact) mass is 416 g/mol. The Labute approximate surface area is 165 Å². The summed E-state index contributed by atoms with van der Waals surface area (Å²) >= 11 is 1.13. The summed E-state index contributed by atoms with van der Waals surface area (Å²) in [5.41, 5.74) is 1.40. The molecule has 0 aliphatic carbocycles. The van der Waals surface area contributed by atoms with Gasteiger partial charge in [0.1, 0.15) is 5.69 Å². The number of benzene rings is 2. The van der Waals surface area contributed by atoms with E-state index in [0.717, 1.165) is 16.9 Å². The third kappa shape index (κ3) is 5.22. The van der Waals surface area contributed by atoms with Crippen molar-refractivity contribution in [3.05, 3.63) is 71.2 Å². The summed E-state index contributed by atoms with van der Waals surface area (Å²) in [5, 5.41) is 12.1. The Morgan fingerprint density at radius 2 is 1.68 bits per heavy atom. The van der Waals surface area contributed by atoms with Gasteiger partial charge < -0.3 is 10.6 Å². The fourth-order valence-corrected chi connectivity index (χ4v) is 3.53. The Morgan fingerprint density at radius 1 is 1.00 bits per heavy atom. The van der Waals surface area contributed by atoms with Gasteiger partial charge in [0, 0.05) is 11.1 Å². The molecule has 3 aromatic rings. The Morgan fingerprint density at radius 3 is 2.32 bits per heavy atom. The van der Waals surface area contributed by atoms with Crippen molar-refractivity contribution in [1.82, 2.24) is 4.98 Å². The molecule has 0 bridgehead atoms. The molecule has 0 fully saturated rings. The molecule has 0 saturated carbocycles. The summed E-state index contributed by atoms with van der Waals surface area (Å²) in [7, 11) is -3.79. The molecule has 28 heavy (non-hydrogen) atoms. The first-order chi connectivity index (χ1) is 13.3. The van der Waals surface area contributed by atoms with Crippen LogP contribution < -0.4 is 15.8 Å². The van der Waals surface area contributed by atoms with E-state index < -0.39 is 15.9 Å². The molecule has 1 aromatic heterocycles. The number of aromatic nitrogens is 1. The summed E-state index contributed by atoms with van der Waals surface area (Å²) < 4.78 is 22.5. The number of hydrogen-bond acceptors (Lipinski definition) is 6. The fraction of sp³-hybridized carbons (Fsp3) is 0.0556.